The Morgan fingerprint density at radius 1 is 1.43 bits per heavy atom. The topological polar surface area (TPSA) is 33.6 Å². The van der Waals surface area contributed by atoms with E-state index < -0.39 is 0 Å². The van der Waals surface area contributed by atoms with E-state index in [9.17, 15) is 0 Å². The lowest BCUT2D eigenvalue weighted by molar-refractivity contribution is 0.402. The fourth-order valence-corrected chi connectivity index (χ4v) is 1.72. The van der Waals surface area contributed by atoms with Crippen molar-refractivity contribution in [1.29, 1.82) is 0 Å². The Morgan fingerprint density at radius 2 is 2.21 bits per heavy atom. The summed E-state index contributed by atoms with van der Waals surface area (Å²) in [4.78, 5) is 0. The standard InChI is InChI=1S/C11H14N2O/c1-11(7-12-13-8-11)9-5-3-4-6-10(9)14-2/h3-7,13H,8H2,1-2H3. The first-order chi connectivity index (χ1) is 6.76. The van der Waals surface area contributed by atoms with Crippen LogP contribution in [0, 0.1) is 0 Å². The number of nitrogens with zero attached hydrogens (tertiary/aromatic N) is 1. The molecule has 0 aliphatic carbocycles. The van der Waals surface area contributed by atoms with Gasteiger partial charge in [0, 0.05) is 18.3 Å². The molecule has 1 unspecified atom stereocenters. The molecule has 0 saturated carbocycles. The number of benzene rings is 1. The predicted molar refractivity (Wildman–Crippen MR) is 56.8 cm³/mol. The Morgan fingerprint density at radius 3 is 2.86 bits per heavy atom. The van der Waals surface area contributed by atoms with Gasteiger partial charge in [-0.3, -0.25) is 0 Å². The molecule has 1 aliphatic rings. The van der Waals surface area contributed by atoms with Crippen molar-refractivity contribution in [3.63, 3.8) is 0 Å². The number of ether oxygens (including phenoxy) is 1. The third-order valence-electron chi connectivity index (χ3n) is 2.61. The van der Waals surface area contributed by atoms with Crippen LogP contribution in [-0.2, 0) is 5.41 Å². The van der Waals surface area contributed by atoms with Gasteiger partial charge in [-0.15, -0.1) is 0 Å². The summed E-state index contributed by atoms with van der Waals surface area (Å²) in [5, 5.41) is 4.06. The van der Waals surface area contributed by atoms with Crippen molar-refractivity contribution in [3.05, 3.63) is 29.8 Å². The van der Waals surface area contributed by atoms with E-state index in [1.807, 2.05) is 24.4 Å². The second kappa shape index (κ2) is 3.33. The summed E-state index contributed by atoms with van der Waals surface area (Å²) in [6, 6.07) is 8.06. The van der Waals surface area contributed by atoms with E-state index in [0.29, 0.717) is 0 Å². The molecule has 1 atom stereocenters. The molecule has 1 aromatic rings. The van der Waals surface area contributed by atoms with Gasteiger partial charge in [0.05, 0.1) is 12.5 Å². The molecule has 0 amide bonds. The number of nitrogens with one attached hydrogen (secondary N) is 1. The van der Waals surface area contributed by atoms with E-state index in [0.717, 1.165) is 12.3 Å². The van der Waals surface area contributed by atoms with Crippen LogP contribution in [0.2, 0.25) is 0 Å². The van der Waals surface area contributed by atoms with Crippen LogP contribution in [-0.4, -0.2) is 19.9 Å². The Labute approximate surface area is 83.8 Å². The van der Waals surface area contributed by atoms with Crippen LogP contribution in [0.25, 0.3) is 0 Å². The van der Waals surface area contributed by atoms with E-state index in [1.54, 1.807) is 7.11 Å². The van der Waals surface area contributed by atoms with Gasteiger partial charge in [0.1, 0.15) is 5.75 Å². The molecule has 1 heterocycles. The van der Waals surface area contributed by atoms with Gasteiger partial charge in [-0.1, -0.05) is 18.2 Å². The lowest BCUT2D eigenvalue weighted by Crippen LogP contribution is -2.28. The smallest absolute Gasteiger partial charge is 0.123 e. The van der Waals surface area contributed by atoms with Gasteiger partial charge in [0.25, 0.3) is 0 Å². The van der Waals surface area contributed by atoms with Gasteiger partial charge in [-0.05, 0) is 13.0 Å². The van der Waals surface area contributed by atoms with E-state index in [4.69, 9.17) is 4.74 Å². The molecule has 0 saturated heterocycles. The van der Waals surface area contributed by atoms with Gasteiger partial charge < -0.3 is 10.2 Å². The monoisotopic (exact) mass is 190 g/mol. The molecule has 0 spiro atoms. The summed E-state index contributed by atoms with van der Waals surface area (Å²) in [6.07, 6.45) is 1.94. The van der Waals surface area contributed by atoms with Crippen molar-refractivity contribution < 1.29 is 4.74 Å². The SMILES string of the molecule is COc1ccccc1C1(C)C=NNC1. The van der Waals surface area contributed by atoms with Crippen molar-refractivity contribution in [3.8, 4) is 5.75 Å². The zero-order chi connectivity index (χ0) is 10.0. The number of rotatable bonds is 2. The molecule has 14 heavy (non-hydrogen) atoms. The summed E-state index contributed by atoms with van der Waals surface area (Å²) in [5.74, 6) is 0.921. The van der Waals surface area contributed by atoms with Crippen LogP contribution in [0.15, 0.2) is 29.4 Å². The molecule has 0 fully saturated rings. The minimum Gasteiger partial charge on any atom is -0.496 e. The quantitative estimate of drug-likeness (QED) is 0.767. The molecule has 2 rings (SSSR count). The highest BCUT2D eigenvalue weighted by Gasteiger charge is 2.30. The highest BCUT2D eigenvalue weighted by molar-refractivity contribution is 5.76. The maximum absolute atomic E-state index is 5.33. The van der Waals surface area contributed by atoms with E-state index in [-0.39, 0.29) is 5.41 Å². The average molecular weight is 190 g/mol. The number of hydrazone groups is 1. The minimum absolute atomic E-state index is 0.0490. The summed E-state index contributed by atoms with van der Waals surface area (Å²) in [6.45, 7) is 2.97. The second-order valence-electron chi connectivity index (χ2n) is 3.71. The first-order valence-electron chi connectivity index (χ1n) is 4.67. The van der Waals surface area contributed by atoms with Gasteiger partial charge in [-0.2, -0.15) is 5.10 Å². The largest absolute Gasteiger partial charge is 0.496 e. The van der Waals surface area contributed by atoms with Gasteiger partial charge in [0.15, 0.2) is 0 Å². The molecule has 1 aromatic carbocycles. The zero-order valence-corrected chi connectivity index (χ0v) is 8.45. The highest BCUT2D eigenvalue weighted by atomic mass is 16.5. The predicted octanol–water partition coefficient (Wildman–Crippen LogP) is 1.54. The maximum Gasteiger partial charge on any atom is 0.123 e. The molecule has 3 heteroatoms. The molecule has 74 valence electrons. The zero-order valence-electron chi connectivity index (χ0n) is 8.45. The fraction of sp³-hybridized carbons (Fsp3) is 0.364. The summed E-state index contributed by atoms with van der Waals surface area (Å²) < 4.78 is 5.33. The molecule has 1 N–H and O–H groups in total. The van der Waals surface area contributed by atoms with Gasteiger partial charge in [-0.25, -0.2) is 0 Å². The maximum atomic E-state index is 5.33. The Bertz CT molecular complexity index is 362. The van der Waals surface area contributed by atoms with Crippen LogP contribution in [0.1, 0.15) is 12.5 Å². The Balaban J connectivity index is 2.44. The van der Waals surface area contributed by atoms with Crippen molar-refractivity contribution in [2.24, 2.45) is 5.10 Å². The van der Waals surface area contributed by atoms with Crippen LogP contribution in [0.5, 0.6) is 5.75 Å². The average Bonchev–Trinajstić information content (AvgIpc) is 2.66. The normalized spacial score (nSPS) is 24.7. The molecule has 0 bridgehead atoms. The highest BCUT2D eigenvalue weighted by Crippen LogP contribution is 2.31. The number of methoxy groups -OCH3 is 1. The number of hydrogen-bond acceptors (Lipinski definition) is 3. The van der Waals surface area contributed by atoms with E-state index >= 15 is 0 Å². The van der Waals surface area contributed by atoms with Crippen LogP contribution < -0.4 is 10.2 Å². The lowest BCUT2D eigenvalue weighted by Gasteiger charge is -2.22. The third-order valence-corrected chi connectivity index (χ3v) is 2.61. The first-order valence-corrected chi connectivity index (χ1v) is 4.67. The second-order valence-corrected chi connectivity index (χ2v) is 3.71. The molecule has 3 nitrogen and oxygen atoms in total. The third kappa shape index (κ3) is 1.35. The van der Waals surface area contributed by atoms with Crippen LogP contribution >= 0.6 is 0 Å². The van der Waals surface area contributed by atoms with Crippen molar-refractivity contribution in [2.45, 2.75) is 12.3 Å². The minimum atomic E-state index is -0.0490. The number of hydrogen-bond donors (Lipinski definition) is 1. The molecule has 0 aromatic heterocycles. The fourth-order valence-electron chi connectivity index (χ4n) is 1.72. The lowest BCUT2D eigenvalue weighted by atomic mass is 9.84. The van der Waals surface area contributed by atoms with Gasteiger partial charge in [0.2, 0.25) is 0 Å². The molecular formula is C11H14N2O. The molecule has 0 radical (unpaired) electrons. The number of para-hydroxylation sites is 1. The van der Waals surface area contributed by atoms with Crippen molar-refractivity contribution >= 4 is 6.21 Å². The molecule has 1 aliphatic heterocycles. The summed E-state index contributed by atoms with van der Waals surface area (Å²) >= 11 is 0. The Kier molecular flexibility index (Phi) is 2.15. The summed E-state index contributed by atoms with van der Waals surface area (Å²) in [7, 11) is 1.70. The van der Waals surface area contributed by atoms with Crippen molar-refractivity contribution in [2.75, 3.05) is 13.7 Å². The summed E-state index contributed by atoms with van der Waals surface area (Å²) in [5.41, 5.74) is 4.10. The Hall–Kier alpha value is -1.51. The van der Waals surface area contributed by atoms with E-state index in [2.05, 4.69) is 23.5 Å². The van der Waals surface area contributed by atoms with E-state index in [1.165, 1.54) is 5.56 Å². The van der Waals surface area contributed by atoms with Crippen LogP contribution in [0.4, 0.5) is 0 Å². The first kappa shape index (κ1) is 9.06. The van der Waals surface area contributed by atoms with Crippen LogP contribution in [0.3, 0.4) is 0 Å². The van der Waals surface area contributed by atoms with Gasteiger partial charge >= 0.3 is 0 Å². The van der Waals surface area contributed by atoms with Crippen molar-refractivity contribution in [1.82, 2.24) is 5.43 Å². The molecular weight excluding hydrogens is 176 g/mol.